The van der Waals surface area contributed by atoms with Gasteiger partial charge in [0.1, 0.15) is 0 Å². The molecule has 0 aromatic heterocycles. The molecule has 3 nitrogen and oxygen atoms in total. The van der Waals surface area contributed by atoms with Crippen LogP contribution in [0.1, 0.15) is 13.8 Å². The Bertz CT molecular complexity index is 457. The minimum Gasteiger partial charge on any atom is -0.382 e. The lowest BCUT2D eigenvalue weighted by atomic mass is 10.3. The van der Waals surface area contributed by atoms with Crippen molar-refractivity contribution in [3.63, 3.8) is 0 Å². The second-order valence-corrected chi connectivity index (χ2v) is 7.25. The highest BCUT2D eigenvalue weighted by atomic mass is 32.2. The monoisotopic (exact) mass is 273 g/mol. The fourth-order valence-electron chi connectivity index (χ4n) is 1.54. The predicted octanol–water partition coefficient (Wildman–Crippen LogP) is 2.64. The molecule has 5 heteroatoms. The molecule has 1 N–H and O–H groups in total. The van der Waals surface area contributed by atoms with E-state index >= 15 is 0 Å². The van der Waals surface area contributed by atoms with E-state index in [4.69, 9.17) is 0 Å². The van der Waals surface area contributed by atoms with Gasteiger partial charge in [0.25, 0.3) is 0 Å². The molecule has 1 rings (SSSR count). The summed E-state index contributed by atoms with van der Waals surface area (Å²) in [6.45, 7) is 3.56. The van der Waals surface area contributed by atoms with E-state index in [9.17, 15) is 8.42 Å². The molecule has 0 spiro atoms. The normalized spacial score (nSPS) is 13.4. The number of sulfone groups is 1. The molecular weight excluding hydrogens is 254 g/mol. The van der Waals surface area contributed by atoms with Gasteiger partial charge in [-0.05, 0) is 31.4 Å². The van der Waals surface area contributed by atoms with Gasteiger partial charge in [0, 0.05) is 22.4 Å². The predicted molar refractivity (Wildman–Crippen MR) is 75.6 cm³/mol. The van der Waals surface area contributed by atoms with E-state index in [-0.39, 0.29) is 17.5 Å². The number of anilines is 1. The maximum Gasteiger partial charge on any atom is 0.152 e. The molecule has 0 saturated heterocycles. The summed E-state index contributed by atoms with van der Waals surface area (Å²) in [5.41, 5.74) is 0.968. The van der Waals surface area contributed by atoms with Crippen LogP contribution in [0, 0.1) is 0 Å². The smallest absolute Gasteiger partial charge is 0.152 e. The van der Waals surface area contributed by atoms with Crippen LogP contribution in [0.2, 0.25) is 0 Å². The van der Waals surface area contributed by atoms with Crippen LogP contribution in [0.25, 0.3) is 0 Å². The number of thioether (sulfide) groups is 1. The number of hydrogen-bond donors (Lipinski definition) is 1. The van der Waals surface area contributed by atoms with Crippen molar-refractivity contribution in [1.29, 1.82) is 0 Å². The first-order valence-electron chi connectivity index (χ1n) is 5.58. The van der Waals surface area contributed by atoms with Gasteiger partial charge in [-0.2, -0.15) is 0 Å². The fourth-order valence-corrected chi connectivity index (χ4v) is 3.08. The SMILES string of the molecule is CCS(=O)(=O)CC(C)Nc1cccc(SC)c1. The van der Waals surface area contributed by atoms with Gasteiger partial charge in [0.15, 0.2) is 9.84 Å². The van der Waals surface area contributed by atoms with E-state index in [0.29, 0.717) is 0 Å². The van der Waals surface area contributed by atoms with Gasteiger partial charge >= 0.3 is 0 Å². The molecule has 0 saturated carbocycles. The Morgan fingerprint density at radius 2 is 2.12 bits per heavy atom. The summed E-state index contributed by atoms with van der Waals surface area (Å²) in [7, 11) is -2.92. The zero-order chi connectivity index (χ0) is 12.9. The van der Waals surface area contributed by atoms with Gasteiger partial charge < -0.3 is 5.32 Å². The van der Waals surface area contributed by atoms with E-state index in [2.05, 4.69) is 5.32 Å². The standard InChI is InChI=1S/C12H19NO2S2/c1-4-17(14,15)9-10(2)13-11-6-5-7-12(8-11)16-3/h5-8,10,13H,4,9H2,1-3H3. The Balaban J connectivity index is 2.64. The number of rotatable bonds is 6. The van der Waals surface area contributed by atoms with Gasteiger partial charge in [-0.1, -0.05) is 13.0 Å². The molecule has 0 aliphatic carbocycles. The minimum atomic E-state index is -2.92. The largest absolute Gasteiger partial charge is 0.382 e. The zero-order valence-electron chi connectivity index (χ0n) is 10.4. The van der Waals surface area contributed by atoms with Crippen molar-refractivity contribution in [3.05, 3.63) is 24.3 Å². The van der Waals surface area contributed by atoms with E-state index in [1.54, 1.807) is 18.7 Å². The molecule has 1 aromatic rings. The molecule has 0 aliphatic rings. The second kappa shape index (κ2) is 6.31. The molecule has 1 unspecified atom stereocenters. The summed E-state index contributed by atoms with van der Waals surface area (Å²) in [4.78, 5) is 1.17. The highest BCUT2D eigenvalue weighted by Crippen LogP contribution is 2.19. The quantitative estimate of drug-likeness (QED) is 0.809. The number of benzene rings is 1. The average Bonchev–Trinajstić information content (AvgIpc) is 2.28. The summed E-state index contributed by atoms with van der Waals surface area (Å²) >= 11 is 1.67. The van der Waals surface area contributed by atoms with Crippen molar-refractivity contribution in [1.82, 2.24) is 0 Å². The Kier molecular flexibility index (Phi) is 5.33. The topological polar surface area (TPSA) is 46.2 Å². The Hall–Kier alpha value is -0.680. The molecule has 0 amide bonds. The number of nitrogens with one attached hydrogen (secondary N) is 1. The first-order valence-corrected chi connectivity index (χ1v) is 8.62. The third kappa shape index (κ3) is 5.00. The highest BCUT2D eigenvalue weighted by Gasteiger charge is 2.13. The van der Waals surface area contributed by atoms with Gasteiger partial charge in [0.2, 0.25) is 0 Å². The molecule has 96 valence electrons. The molecule has 17 heavy (non-hydrogen) atoms. The van der Waals surface area contributed by atoms with Crippen LogP contribution in [-0.4, -0.2) is 32.2 Å². The van der Waals surface area contributed by atoms with Crippen LogP contribution in [0.4, 0.5) is 5.69 Å². The zero-order valence-corrected chi connectivity index (χ0v) is 12.1. The average molecular weight is 273 g/mol. The summed E-state index contributed by atoms with van der Waals surface area (Å²) in [6.07, 6.45) is 2.02. The Labute approximate surface area is 108 Å². The third-order valence-electron chi connectivity index (χ3n) is 2.43. The first-order chi connectivity index (χ1) is 7.96. The van der Waals surface area contributed by atoms with E-state index < -0.39 is 9.84 Å². The van der Waals surface area contributed by atoms with Crippen LogP contribution in [0.3, 0.4) is 0 Å². The molecule has 0 fully saturated rings. The van der Waals surface area contributed by atoms with Gasteiger partial charge in [0.05, 0.1) is 5.75 Å². The lowest BCUT2D eigenvalue weighted by molar-refractivity contribution is 0.593. The van der Waals surface area contributed by atoms with Crippen molar-refractivity contribution in [2.75, 3.05) is 23.1 Å². The van der Waals surface area contributed by atoms with E-state index in [1.807, 2.05) is 37.4 Å². The van der Waals surface area contributed by atoms with Crippen molar-refractivity contribution >= 4 is 27.3 Å². The van der Waals surface area contributed by atoms with Crippen LogP contribution in [0.15, 0.2) is 29.2 Å². The maximum atomic E-state index is 11.5. The maximum absolute atomic E-state index is 11.5. The van der Waals surface area contributed by atoms with Gasteiger partial charge in [-0.15, -0.1) is 11.8 Å². The fraction of sp³-hybridized carbons (Fsp3) is 0.500. The minimum absolute atomic E-state index is 0.0722. The number of hydrogen-bond acceptors (Lipinski definition) is 4. The summed E-state index contributed by atoms with van der Waals surface area (Å²) in [5, 5.41) is 3.21. The van der Waals surface area contributed by atoms with Gasteiger partial charge in [-0.25, -0.2) is 8.42 Å². The molecule has 1 aromatic carbocycles. The lowest BCUT2D eigenvalue weighted by Crippen LogP contribution is -2.26. The molecule has 0 aliphatic heterocycles. The highest BCUT2D eigenvalue weighted by molar-refractivity contribution is 7.98. The van der Waals surface area contributed by atoms with Gasteiger partial charge in [-0.3, -0.25) is 0 Å². The van der Waals surface area contributed by atoms with Crippen molar-refractivity contribution in [2.45, 2.75) is 24.8 Å². The van der Waals surface area contributed by atoms with Crippen molar-refractivity contribution in [3.8, 4) is 0 Å². The van der Waals surface area contributed by atoms with Crippen LogP contribution < -0.4 is 5.32 Å². The molecule has 1 atom stereocenters. The van der Waals surface area contributed by atoms with Crippen LogP contribution >= 0.6 is 11.8 Å². The van der Waals surface area contributed by atoms with Crippen molar-refractivity contribution in [2.24, 2.45) is 0 Å². The van der Waals surface area contributed by atoms with E-state index in [0.717, 1.165) is 5.69 Å². The van der Waals surface area contributed by atoms with Crippen molar-refractivity contribution < 1.29 is 8.42 Å². The summed E-state index contributed by atoms with van der Waals surface area (Å²) < 4.78 is 23.0. The summed E-state index contributed by atoms with van der Waals surface area (Å²) in [5.74, 6) is 0.372. The second-order valence-electron chi connectivity index (χ2n) is 3.98. The molecule has 0 heterocycles. The molecule has 0 bridgehead atoms. The molecule has 0 radical (unpaired) electrons. The third-order valence-corrected chi connectivity index (χ3v) is 5.04. The first kappa shape index (κ1) is 14.4. The lowest BCUT2D eigenvalue weighted by Gasteiger charge is -2.15. The summed E-state index contributed by atoms with van der Waals surface area (Å²) in [6, 6.07) is 7.91. The Morgan fingerprint density at radius 1 is 1.41 bits per heavy atom. The molecular formula is C12H19NO2S2. The van der Waals surface area contributed by atoms with E-state index in [1.165, 1.54) is 4.90 Å². The van der Waals surface area contributed by atoms with Crippen LogP contribution in [0.5, 0.6) is 0 Å². The van der Waals surface area contributed by atoms with Crippen LogP contribution in [-0.2, 0) is 9.84 Å². The Morgan fingerprint density at radius 3 is 2.71 bits per heavy atom.